The smallest absolute Gasteiger partial charge is 0.277 e. The molecule has 1 atom stereocenters. The van der Waals surface area contributed by atoms with Gasteiger partial charge < -0.3 is 9.73 Å². The van der Waals surface area contributed by atoms with Gasteiger partial charge in [0.05, 0.1) is 6.04 Å². The first-order valence-corrected chi connectivity index (χ1v) is 9.34. The van der Waals surface area contributed by atoms with Crippen LogP contribution in [0.4, 0.5) is 0 Å². The van der Waals surface area contributed by atoms with Crippen molar-refractivity contribution in [2.75, 3.05) is 19.6 Å². The lowest BCUT2D eigenvalue weighted by molar-refractivity contribution is 0.263. The van der Waals surface area contributed by atoms with Gasteiger partial charge in [0.2, 0.25) is 5.09 Å². The molecule has 1 N–H and O–H groups in total. The maximum Gasteiger partial charge on any atom is 0.277 e. The van der Waals surface area contributed by atoms with E-state index in [1.165, 1.54) is 11.6 Å². The third-order valence-corrected chi connectivity index (χ3v) is 6.03. The summed E-state index contributed by atoms with van der Waals surface area (Å²) in [5, 5.41) is 3.30. The standard InChI is InChI=1S/C17H22N2O3S.ClH/c1-3-14-5-7-15(8-6-14)16-12-18-10-11-19(16)23(20,21)17-9-4-13(2)22-17;/h4-9,16,18H,3,10-12H2,1-2H3;1H. The molecule has 132 valence electrons. The molecule has 1 aliphatic rings. The molecule has 2 aromatic rings. The highest BCUT2D eigenvalue weighted by Gasteiger charge is 2.36. The normalized spacial score (nSPS) is 19.0. The molecule has 0 bridgehead atoms. The van der Waals surface area contributed by atoms with Crippen LogP contribution in [0.5, 0.6) is 0 Å². The van der Waals surface area contributed by atoms with E-state index in [0.29, 0.717) is 25.4 Å². The number of furan rings is 1. The minimum atomic E-state index is -3.63. The van der Waals surface area contributed by atoms with Gasteiger partial charge in [0, 0.05) is 19.6 Å². The van der Waals surface area contributed by atoms with E-state index in [9.17, 15) is 8.42 Å². The molecule has 2 heterocycles. The number of sulfonamides is 1. The Hall–Kier alpha value is -1.34. The van der Waals surface area contributed by atoms with Gasteiger partial charge in [0.1, 0.15) is 5.76 Å². The highest BCUT2D eigenvalue weighted by molar-refractivity contribution is 7.89. The number of nitrogens with one attached hydrogen (secondary N) is 1. The lowest BCUT2D eigenvalue weighted by atomic mass is 10.0. The molecule has 5 nitrogen and oxygen atoms in total. The van der Waals surface area contributed by atoms with E-state index in [2.05, 4.69) is 24.4 Å². The molecule has 0 aliphatic carbocycles. The topological polar surface area (TPSA) is 62.6 Å². The Labute approximate surface area is 149 Å². The quantitative estimate of drug-likeness (QED) is 0.898. The highest BCUT2D eigenvalue weighted by atomic mass is 35.5. The number of hydrogen-bond acceptors (Lipinski definition) is 4. The maximum atomic E-state index is 12.9. The number of benzene rings is 1. The fourth-order valence-corrected chi connectivity index (χ4v) is 4.47. The third-order valence-electron chi connectivity index (χ3n) is 4.25. The first-order valence-electron chi connectivity index (χ1n) is 7.90. The average Bonchev–Trinajstić information content (AvgIpc) is 3.02. The monoisotopic (exact) mass is 370 g/mol. The average molecular weight is 371 g/mol. The summed E-state index contributed by atoms with van der Waals surface area (Å²) < 4.78 is 32.7. The molecule has 7 heteroatoms. The minimum Gasteiger partial charge on any atom is -0.449 e. The lowest BCUT2D eigenvalue weighted by Crippen LogP contribution is -2.48. The van der Waals surface area contributed by atoms with Crippen LogP contribution in [0.25, 0.3) is 0 Å². The van der Waals surface area contributed by atoms with Gasteiger partial charge in [-0.1, -0.05) is 31.2 Å². The zero-order chi connectivity index (χ0) is 16.4. The lowest BCUT2D eigenvalue weighted by Gasteiger charge is -2.34. The maximum absolute atomic E-state index is 12.9. The van der Waals surface area contributed by atoms with Crippen molar-refractivity contribution < 1.29 is 12.8 Å². The Balaban J connectivity index is 0.00000208. The van der Waals surface area contributed by atoms with Crippen LogP contribution in [0.2, 0.25) is 0 Å². The summed E-state index contributed by atoms with van der Waals surface area (Å²) in [6.45, 7) is 5.53. The van der Waals surface area contributed by atoms with Gasteiger partial charge in [0.25, 0.3) is 10.0 Å². The van der Waals surface area contributed by atoms with Crippen molar-refractivity contribution in [3.05, 3.63) is 53.3 Å². The van der Waals surface area contributed by atoms with Crippen molar-refractivity contribution in [1.82, 2.24) is 9.62 Å². The van der Waals surface area contributed by atoms with Crippen molar-refractivity contribution in [2.45, 2.75) is 31.4 Å². The number of halogens is 1. The molecule has 1 aromatic heterocycles. The van der Waals surface area contributed by atoms with E-state index in [0.717, 1.165) is 12.0 Å². The van der Waals surface area contributed by atoms with Gasteiger partial charge >= 0.3 is 0 Å². The summed E-state index contributed by atoms with van der Waals surface area (Å²) in [5.41, 5.74) is 2.25. The Bertz CT molecular complexity index is 771. The Kier molecular flexibility index (Phi) is 6.09. The fraction of sp³-hybridized carbons (Fsp3) is 0.412. The molecule has 1 fully saturated rings. The summed E-state index contributed by atoms with van der Waals surface area (Å²) in [5.74, 6) is 0.600. The van der Waals surface area contributed by atoms with E-state index in [1.54, 1.807) is 17.3 Å². The van der Waals surface area contributed by atoms with Gasteiger partial charge in [-0.15, -0.1) is 12.4 Å². The van der Waals surface area contributed by atoms with Crippen LogP contribution in [-0.2, 0) is 16.4 Å². The molecular formula is C17H23ClN2O3S. The Morgan fingerprint density at radius 1 is 1.21 bits per heavy atom. The van der Waals surface area contributed by atoms with Gasteiger partial charge in [-0.05, 0) is 36.6 Å². The van der Waals surface area contributed by atoms with Crippen molar-refractivity contribution in [3.8, 4) is 0 Å². The predicted molar refractivity (Wildman–Crippen MR) is 96.0 cm³/mol. The summed E-state index contributed by atoms with van der Waals surface area (Å²) >= 11 is 0. The number of rotatable bonds is 4. The van der Waals surface area contributed by atoms with Gasteiger partial charge in [-0.3, -0.25) is 0 Å². The largest absolute Gasteiger partial charge is 0.449 e. The number of piperazine rings is 1. The minimum absolute atomic E-state index is 0. The molecule has 0 saturated carbocycles. The Morgan fingerprint density at radius 2 is 1.92 bits per heavy atom. The second kappa shape index (κ2) is 7.70. The van der Waals surface area contributed by atoms with Crippen LogP contribution in [0, 0.1) is 6.92 Å². The summed E-state index contributed by atoms with van der Waals surface area (Å²) in [4.78, 5) is 0. The second-order valence-electron chi connectivity index (χ2n) is 5.80. The molecule has 1 aromatic carbocycles. The predicted octanol–water partition coefficient (Wildman–Crippen LogP) is 2.91. The number of aryl methyl sites for hydroxylation is 2. The van der Waals surface area contributed by atoms with Crippen LogP contribution in [0.1, 0.15) is 29.9 Å². The molecule has 24 heavy (non-hydrogen) atoms. The summed E-state index contributed by atoms with van der Waals surface area (Å²) in [7, 11) is -3.63. The number of hydrogen-bond donors (Lipinski definition) is 1. The van der Waals surface area contributed by atoms with Crippen molar-refractivity contribution >= 4 is 22.4 Å². The van der Waals surface area contributed by atoms with E-state index in [4.69, 9.17) is 4.42 Å². The first kappa shape index (κ1) is 19.0. The van der Waals surface area contributed by atoms with Crippen molar-refractivity contribution in [1.29, 1.82) is 0 Å². The Morgan fingerprint density at radius 3 is 2.50 bits per heavy atom. The molecule has 1 saturated heterocycles. The zero-order valence-corrected chi connectivity index (χ0v) is 15.5. The highest BCUT2D eigenvalue weighted by Crippen LogP contribution is 2.29. The van der Waals surface area contributed by atoms with E-state index in [-0.39, 0.29) is 23.5 Å². The van der Waals surface area contributed by atoms with E-state index >= 15 is 0 Å². The molecule has 3 rings (SSSR count). The van der Waals surface area contributed by atoms with Gasteiger partial charge in [-0.25, -0.2) is 8.42 Å². The van der Waals surface area contributed by atoms with Crippen LogP contribution in [0.15, 0.2) is 45.9 Å². The van der Waals surface area contributed by atoms with E-state index in [1.807, 2.05) is 12.1 Å². The van der Waals surface area contributed by atoms with Crippen LogP contribution < -0.4 is 5.32 Å². The molecule has 1 unspecified atom stereocenters. The molecule has 1 aliphatic heterocycles. The van der Waals surface area contributed by atoms with Gasteiger partial charge in [0.15, 0.2) is 0 Å². The fourth-order valence-electron chi connectivity index (χ4n) is 2.90. The van der Waals surface area contributed by atoms with Crippen molar-refractivity contribution in [2.24, 2.45) is 0 Å². The summed E-state index contributed by atoms with van der Waals surface area (Å²) in [6, 6.07) is 11.2. The van der Waals surface area contributed by atoms with Gasteiger partial charge in [-0.2, -0.15) is 4.31 Å². The third kappa shape index (κ3) is 3.67. The molecule has 0 amide bonds. The van der Waals surface area contributed by atoms with Crippen LogP contribution >= 0.6 is 12.4 Å². The van der Waals surface area contributed by atoms with E-state index < -0.39 is 10.0 Å². The first-order chi connectivity index (χ1) is 11.0. The molecule has 0 radical (unpaired) electrons. The zero-order valence-electron chi connectivity index (χ0n) is 13.9. The second-order valence-corrected chi connectivity index (χ2v) is 7.62. The van der Waals surface area contributed by atoms with Crippen LogP contribution in [-0.4, -0.2) is 32.4 Å². The van der Waals surface area contributed by atoms with Crippen LogP contribution in [0.3, 0.4) is 0 Å². The van der Waals surface area contributed by atoms with Crippen molar-refractivity contribution in [3.63, 3.8) is 0 Å². The number of nitrogens with zero attached hydrogens (tertiary/aromatic N) is 1. The SMILES string of the molecule is CCc1ccc(C2CNCCN2S(=O)(=O)c2ccc(C)o2)cc1.Cl. The molecule has 0 spiro atoms. The molecular weight excluding hydrogens is 348 g/mol. The summed E-state index contributed by atoms with van der Waals surface area (Å²) in [6.07, 6.45) is 0.969.